The SMILES string of the molecule is CCC(N)c1ccn(Cc2ccc(F)cc2Br)c1. The van der Waals surface area contributed by atoms with Crippen molar-refractivity contribution < 1.29 is 4.39 Å². The molecule has 1 aromatic carbocycles. The van der Waals surface area contributed by atoms with Gasteiger partial charge in [0.25, 0.3) is 0 Å². The number of benzene rings is 1. The summed E-state index contributed by atoms with van der Waals surface area (Å²) < 4.78 is 15.8. The third-order valence-corrected chi connectivity index (χ3v) is 3.75. The molecule has 0 aliphatic rings. The van der Waals surface area contributed by atoms with E-state index in [0.717, 1.165) is 22.0 Å². The summed E-state index contributed by atoms with van der Waals surface area (Å²) in [6.07, 6.45) is 4.97. The minimum Gasteiger partial charge on any atom is -0.350 e. The fraction of sp³-hybridized carbons (Fsp3) is 0.286. The summed E-state index contributed by atoms with van der Waals surface area (Å²) in [5, 5.41) is 0. The van der Waals surface area contributed by atoms with Gasteiger partial charge in [0.1, 0.15) is 5.82 Å². The highest BCUT2D eigenvalue weighted by Gasteiger charge is 2.06. The molecule has 0 aliphatic carbocycles. The molecule has 1 aromatic heterocycles. The summed E-state index contributed by atoms with van der Waals surface area (Å²) in [4.78, 5) is 0. The van der Waals surface area contributed by atoms with Crippen molar-refractivity contribution in [3.8, 4) is 0 Å². The van der Waals surface area contributed by atoms with Crippen LogP contribution in [0.1, 0.15) is 30.5 Å². The lowest BCUT2D eigenvalue weighted by atomic mass is 10.1. The van der Waals surface area contributed by atoms with Crippen LogP contribution in [0.5, 0.6) is 0 Å². The van der Waals surface area contributed by atoms with Gasteiger partial charge in [-0.2, -0.15) is 0 Å². The van der Waals surface area contributed by atoms with Gasteiger partial charge in [-0.15, -0.1) is 0 Å². The Morgan fingerprint density at radius 2 is 2.17 bits per heavy atom. The number of hydrogen-bond donors (Lipinski definition) is 1. The van der Waals surface area contributed by atoms with Gasteiger partial charge in [-0.3, -0.25) is 0 Å². The molecule has 0 saturated heterocycles. The fourth-order valence-corrected chi connectivity index (χ4v) is 2.34. The van der Waals surface area contributed by atoms with Gasteiger partial charge in [0.15, 0.2) is 0 Å². The standard InChI is InChI=1S/C14H16BrFN2/c1-2-14(17)11-5-6-18(9-11)8-10-3-4-12(16)7-13(10)15/h3-7,9,14H,2,8,17H2,1H3. The second kappa shape index (κ2) is 5.67. The first-order valence-electron chi connectivity index (χ1n) is 5.95. The molecule has 4 heteroatoms. The Balaban J connectivity index is 2.16. The quantitative estimate of drug-likeness (QED) is 0.913. The molecular weight excluding hydrogens is 295 g/mol. The van der Waals surface area contributed by atoms with E-state index >= 15 is 0 Å². The van der Waals surface area contributed by atoms with Crippen LogP contribution in [0.15, 0.2) is 41.1 Å². The molecule has 0 saturated carbocycles. The highest BCUT2D eigenvalue weighted by atomic mass is 79.9. The van der Waals surface area contributed by atoms with Crippen molar-refractivity contribution >= 4 is 15.9 Å². The highest BCUT2D eigenvalue weighted by Crippen LogP contribution is 2.20. The van der Waals surface area contributed by atoms with Crippen molar-refractivity contribution in [3.63, 3.8) is 0 Å². The zero-order chi connectivity index (χ0) is 13.1. The van der Waals surface area contributed by atoms with Gasteiger partial charge in [-0.25, -0.2) is 4.39 Å². The second-order valence-corrected chi connectivity index (χ2v) is 5.22. The molecule has 0 fully saturated rings. The number of halogens is 2. The first kappa shape index (κ1) is 13.3. The number of nitrogens with two attached hydrogens (primary N) is 1. The van der Waals surface area contributed by atoms with Gasteiger partial charge in [0.05, 0.1) is 0 Å². The largest absolute Gasteiger partial charge is 0.350 e. The first-order chi connectivity index (χ1) is 8.60. The van der Waals surface area contributed by atoms with Crippen molar-refractivity contribution in [2.24, 2.45) is 5.73 Å². The molecule has 1 unspecified atom stereocenters. The normalized spacial score (nSPS) is 12.7. The van der Waals surface area contributed by atoms with Gasteiger partial charge < -0.3 is 10.3 Å². The van der Waals surface area contributed by atoms with Gasteiger partial charge >= 0.3 is 0 Å². The molecule has 1 heterocycles. The van der Waals surface area contributed by atoms with Crippen molar-refractivity contribution in [1.29, 1.82) is 0 Å². The third-order valence-electron chi connectivity index (χ3n) is 3.01. The van der Waals surface area contributed by atoms with Crippen LogP contribution in [0, 0.1) is 5.82 Å². The first-order valence-corrected chi connectivity index (χ1v) is 6.74. The molecule has 2 nitrogen and oxygen atoms in total. The van der Waals surface area contributed by atoms with Crippen LogP contribution in [-0.4, -0.2) is 4.57 Å². The molecule has 0 aliphatic heterocycles. The van der Waals surface area contributed by atoms with Crippen molar-refractivity contribution in [2.45, 2.75) is 25.9 Å². The number of rotatable bonds is 4. The molecule has 2 aromatic rings. The van der Waals surface area contributed by atoms with E-state index in [1.165, 1.54) is 12.1 Å². The Morgan fingerprint density at radius 1 is 1.39 bits per heavy atom. The Kier molecular flexibility index (Phi) is 4.19. The summed E-state index contributed by atoms with van der Waals surface area (Å²) in [5.41, 5.74) is 8.16. The van der Waals surface area contributed by atoms with E-state index in [1.807, 2.05) is 18.5 Å². The molecule has 0 radical (unpaired) electrons. The van der Waals surface area contributed by atoms with Crippen molar-refractivity contribution in [2.75, 3.05) is 0 Å². The second-order valence-electron chi connectivity index (χ2n) is 4.37. The Hall–Kier alpha value is -1.13. The van der Waals surface area contributed by atoms with Gasteiger partial charge in [0, 0.05) is 29.5 Å². The average Bonchev–Trinajstić information content (AvgIpc) is 2.80. The van der Waals surface area contributed by atoms with Crippen LogP contribution >= 0.6 is 15.9 Å². The van der Waals surface area contributed by atoms with Crippen LogP contribution < -0.4 is 5.73 Å². The van der Waals surface area contributed by atoms with Crippen LogP contribution in [0.25, 0.3) is 0 Å². The van der Waals surface area contributed by atoms with Crippen LogP contribution in [0.3, 0.4) is 0 Å². The number of nitrogens with zero attached hydrogens (tertiary/aromatic N) is 1. The van der Waals surface area contributed by atoms with E-state index in [0.29, 0.717) is 6.54 Å². The zero-order valence-electron chi connectivity index (χ0n) is 10.2. The lowest BCUT2D eigenvalue weighted by Crippen LogP contribution is -2.07. The van der Waals surface area contributed by atoms with E-state index < -0.39 is 0 Å². The predicted octanol–water partition coefficient (Wildman–Crippen LogP) is 3.85. The van der Waals surface area contributed by atoms with E-state index in [1.54, 1.807) is 6.07 Å². The fourth-order valence-electron chi connectivity index (χ4n) is 1.86. The molecule has 2 rings (SSSR count). The minimum absolute atomic E-state index is 0.0860. The van der Waals surface area contributed by atoms with Crippen LogP contribution in [-0.2, 0) is 6.54 Å². The maximum absolute atomic E-state index is 13.0. The summed E-state index contributed by atoms with van der Waals surface area (Å²) in [6, 6.07) is 6.87. The minimum atomic E-state index is -0.230. The molecule has 2 N–H and O–H groups in total. The van der Waals surface area contributed by atoms with Crippen molar-refractivity contribution in [3.05, 3.63) is 58.1 Å². The summed E-state index contributed by atoms with van der Waals surface area (Å²) in [5.74, 6) is -0.230. The molecule has 1 atom stereocenters. The zero-order valence-corrected chi connectivity index (χ0v) is 11.8. The van der Waals surface area contributed by atoms with E-state index in [9.17, 15) is 4.39 Å². The average molecular weight is 311 g/mol. The van der Waals surface area contributed by atoms with Gasteiger partial charge in [-0.1, -0.05) is 28.9 Å². The molecule has 0 spiro atoms. The summed E-state index contributed by atoms with van der Waals surface area (Å²) >= 11 is 3.38. The monoisotopic (exact) mass is 310 g/mol. The molecule has 0 amide bonds. The van der Waals surface area contributed by atoms with E-state index in [-0.39, 0.29) is 11.9 Å². The molecule has 18 heavy (non-hydrogen) atoms. The smallest absolute Gasteiger partial charge is 0.124 e. The van der Waals surface area contributed by atoms with Crippen LogP contribution in [0.2, 0.25) is 0 Å². The molecule has 0 bridgehead atoms. The van der Waals surface area contributed by atoms with E-state index in [4.69, 9.17) is 5.73 Å². The lowest BCUT2D eigenvalue weighted by Gasteiger charge is -2.07. The van der Waals surface area contributed by atoms with Crippen molar-refractivity contribution in [1.82, 2.24) is 4.57 Å². The molecule has 96 valence electrons. The Bertz CT molecular complexity index is 536. The topological polar surface area (TPSA) is 30.9 Å². The Labute approximate surface area is 115 Å². The number of aromatic nitrogens is 1. The Morgan fingerprint density at radius 3 is 2.83 bits per heavy atom. The maximum atomic E-state index is 13.0. The maximum Gasteiger partial charge on any atom is 0.124 e. The van der Waals surface area contributed by atoms with Crippen LogP contribution in [0.4, 0.5) is 4.39 Å². The number of hydrogen-bond acceptors (Lipinski definition) is 1. The van der Waals surface area contributed by atoms with E-state index in [2.05, 4.69) is 27.4 Å². The molecular formula is C14H16BrFN2. The lowest BCUT2D eigenvalue weighted by molar-refractivity contribution is 0.625. The highest BCUT2D eigenvalue weighted by molar-refractivity contribution is 9.10. The van der Waals surface area contributed by atoms with Gasteiger partial charge in [0.2, 0.25) is 0 Å². The summed E-state index contributed by atoms with van der Waals surface area (Å²) in [6.45, 7) is 2.77. The predicted molar refractivity (Wildman–Crippen MR) is 74.9 cm³/mol. The summed E-state index contributed by atoms with van der Waals surface area (Å²) in [7, 11) is 0. The van der Waals surface area contributed by atoms with Gasteiger partial charge in [-0.05, 0) is 35.7 Å². The third kappa shape index (κ3) is 3.00.